The summed E-state index contributed by atoms with van der Waals surface area (Å²) < 4.78 is 1.10. The number of halogens is 1. The summed E-state index contributed by atoms with van der Waals surface area (Å²) in [6.45, 7) is 8.57. The zero-order valence-corrected chi connectivity index (χ0v) is 10.9. The van der Waals surface area contributed by atoms with E-state index in [2.05, 4.69) is 61.8 Å². The Bertz CT molecular complexity index is 326. The molecule has 2 N–H and O–H groups in total. The smallest absolute Gasteiger partial charge is 0.0355 e. The van der Waals surface area contributed by atoms with Gasteiger partial charge in [0.2, 0.25) is 0 Å². The van der Waals surface area contributed by atoms with E-state index >= 15 is 0 Å². The van der Waals surface area contributed by atoms with Gasteiger partial charge in [-0.05, 0) is 24.0 Å². The molecule has 0 heterocycles. The maximum atomic E-state index is 6.21. The van der Waals surface area contributed by atoms with E-state index in [1.165, 1.54) is 11.1 Å². The Balaban J connectivity index is 3.12. The van der Waals surface area contributed by atoms with Gasteiger partial charge in [-0.25, -0.2) is 0 Å². The van der Waals surface area contributed by atoms with E-state index in [-0.39, 0.29) is 11.5 Å². The van der Waals surface area contributed by atoms with Crippen molar-refractivity contribution in [2.75, 3.05) is 0 Å². The van der Waals surface area contributed by atoms with E-state index < -0.39 is 0 Å². The predicted octanol–water partition coefficient (Wildman–Crippen LogP) is 3.80. The standard InChI is InChI=1S/C12H18BrN/c1-8-5-6-10(13)9(7-8)11(14)12(2,3)4/h5-7,11H,14H2,1-4H3. The highest BCUT2D eigenvalue weighted by atomic mass is 79.9. The summed E-state index contributed by atoms with van der Waals surface area (Å²) in [4.78, 5) is 0. The molecule has 2 heteroatoms. The van der Waals surface area contributed by atoms with Crippen LogP contribution in [-0.2, 0) is 0 Å². The Labute approximate surface area is 94.8 Å². The summed E-state index contributed by atoms with van der Waals surface area (Å²) in [6.07, 6.45) is 0. The third-order valence-electron chi connectivity index (χ3n) is 2.42. The van der Waals surface area contributed by atoms with Crippen LogP contribution in [0, 0.1) is 12.3 Å². The van der Waals surface area contributed by atoms with Gasteiger partial charge in [-0.2, -0.15) is 0 Å². The highest BCUT2D eigenvalue weighted by Gasteiger charge is 2.23. The van der Waals surface area contributed by atoms with Crippen LogP contribution in [0.2, 0.25) is 0 Å². The van der Waals surface area contributed by atoms with Crippen LogP contribution in [0.4, 0.5) is 0 Å². The largest absolute Gasteiger partial charge is 0.323 e. The van der Waals surface area contributed by atoms with Crippen molar-refractivity contribution in [3.63, 3.8) is 0 Å². The first-order chi connectivity index (χ1) is 6.32. The van der Waals surface area contributed by atoms with E-state index in [1.54, 1.807) is 0 Å². The zero-order valence-electron chi connectivity index (χ0n) is 9.26. The quantitative estimate of drug-likeness (QED) is 0.812. The van der Waals surface area contributed by atoms with E-state index in [0.29, 0.717) is 0 Å². The SMILES string of the molecule is Cc1ccc(Br)c(C(N)C(C)(C)C)c1. The molecule has 0 aliphatic rings. The molecule has 0 saturated carbocycles. The Kier molecular flexibility index (Phi) is 3.38. The van der Waals surface area contributed by atoms with Gasteiger partial charge in [0, 0.05) is 10.5 Å². The fourth-order valence-electron chi connectivity index (χ4n) is 1.37. The first-order valence-corrected chi connectivity index (χ1v) is 5.63. The molecule has 0 aromatic heterocycles. The van der Waals surface area contributed by atoms with Gasteiger partial charge in [0.05, 0.1) is 0 Å². The van der Waals surface area contributed by atoms with Crippen molar-refractivity contribution in [2.45, 2.75) is 33.7 Å². The van der Waals surface area contributed by atoms with Gasteiger partial charge in [0.15, 0.2) is 0 Å². The molecule has 0 amide bonds. The van der Waals surface area contributed by atoms with Gasteiger partial charge in [0.25, 0.3) is 0 Å². The predicted molar refractivity (Wildman–Crippen MR) is 65.3 cm³/mol. The van der Waals surface area contributed by atoms with Gasteiger partial charge < -0.3 is 5.73 Å². The van der Waals surface area contributed by atoms with Gasteiger partial charge >= 0.3 is 0 Å². The number of rotatable bonds is 1. The Morgan fingerprint density at radius 1 is 1.29 bits per heavy atom. The average molecular weight is 256 g/mol. The molecule has 0 bridgehead atoms. The van der Waals surface area contributed by atoms with Crippen molar-refractivity contribution in [1.29, 1.82) is 0 Å². The molecule has 78 valence electrons. The summed E-state index contributed by atoms with van der Waals surface area (Å²) in [6, 6.07) is 6.37. The molecule has 0 spiro atoms. The minimum absolute atomic E-state index is 0.0665. The van der Waals surface area contributed by atoms with Crippen LogP contribution in [0.25, 0.3) is 0 Å². The molecule has 0 fully saturated rings. The van der Waals surface area contributed by atoms with Crippen LogP contribution >= 0.6 is 15.9 Å². The molecule has 1 nitrogen and oxygen atoms in total. The summed E-state index contributed by atoms with van der Waals surface area (Å²) >= 11 is 3.54. The van der Waals surface area contributed by atoms with Crippen LogP contribution in [-0.4, -0.2) is 0 Å². The van der Waals surface area contributed by atoms with Crippen LogP contribution in [0.1, 0.15) is 37.9 Å². The van der Waals surface area contributed by atoms with Crippen molar-refractivity contribution in [3.8, 4) is 0 Å². The summed E-state index contributed by atoms with van der Waals surface area (Å²) in [5.41, 5.74) is 8.75. The Hall–Kier alpha value is -0.340. The van der Waals surface area contributed by atoms with Crippen molar-refractivity contribution in [3.05, 3.63) is 33.8 Å². The second kappa shape index (κ2) is 4.03. The third-order valence-corrected chi connectivity index (χ3v) is 3.14. The van der Waals surface area contributed by atoms with Gasteiger partial charge in [-0.3, -0.25) is 0 Å². The molecule has 1 atom stereocenters. The van der Waals surface area contributed by atoms with Crippen LogP contribution in [0.5, 0.6) is 0 Å². The minimum atomic E-state index is 0.0665. The number of benzene rings is 1. The average Bonchev–Trinajstić information content (AvgIpc) is 2.06. The summed E-state index contributed by atoms with van der Waals surface area (Å²) in [7, 11) is 0. The molecule has 0 aliphatic carbocycles. The van der Waals surface area contributed by atoms with Crippen LogP contribution < -0.4 is 5.73 Å². The molecular formula is C12H18BrN. The van der Waals surface area contributed by atoms with E-state index in [4.69, 9.17) is 5.73 Å². The monoisotopic (exact) mass is 255 g/mol. The molecule has 1 aromatic carbocycles. The molecule has 14 heavy (non-hydrogen) atoms. The normalized spacial score (nSPS) is 14.1. The van der Waals surface area contributed by atoms with Gasteiger partial charge in [-0.1, -0.05) is 54.4 Å². The highest BCUT2D eigenvalue weighted by molar-refractivity contribution is 9.10. The lowest BCUT2D eigenvalue weighted by Gasteiger charge is -2.28. The first kappa shape index (κ1) is 11.7. The summed E-state index contributed by atoms with van der Waals surface area (Å²) in [5, 5.41) is 0. The molecule has 0 aliphatic heterocycles. The van der Waals surface area contributed by atoms with Crippen LogP contribution in [0.3, 0.4) is 0 Å². The van der Waals surface area contributed by atoms with Crippen molar-refractivity contribution < 1.29 is 0 Å². The zero-order chi connectivity index (χ0) is 10.9. The van der Waals surface area contributed by atoms with E-state index in [0.717, 1.165) is 4.47 Å². The number of aryl methyl sites for hydroxylation is 1. The molecule has 1 unspecified atom stereocenters. The van der Waals surface area contributed by atoms with Gasteiger partial charge in [-0.15, -0.1) is 0 Å². The number of hydrogen-bond acceptors (Lipinski definition) is 1. The highest BCUT2D eigenvalue weighted by Crippen LogP contribution is 2.34. The minimum Gasteiger partial charge on any atom is -0.323 e. The molecular weight excluding hydrogens is 238 g/mol. The van der Waals surface area contributed by atoms with Crippen molar-refractivity contribution in [1.82, 2.24) is 0 Å². The fourth-order valence-corrected chi connectivity index (χ4v) is 1.86. The second-order valence-electron chi connectivity index (χ2n) is 4.87. The molecule has 1 aromatic rings. The first-order valence-electron chi connectivity index (χ1n) is 4.84. The fraction of sp³-hybridized carbons (Fsp3) is 0.500. The van der Waals surface area contributed by atoms with Crippen LogP contribution in [0.15, 0.2) is 22.7 Å². The summed E-state index contributed by atoms with van der Waals surface area (Å²) in [5.74, 6) is 0. The second-order valence-corrected chi connectivity index (χ2v) is 5.72. The lowest BCUT2D eigenvalue weighted by Crippen LogP contribution is -2.26. The molecule has 0 saturated heterocycles. The lowest BCUT2D eigenvalue weighted by molar-refractivity contribution is 0.326. The third kappa shape index (κ3) is 2.58. The molecule has 1 rings (SSSR count). The van der Waals surface area contributed by atoms with Crippen molar-refractivity contribution in [2.24, 2.45) is 11.1 Å². The lowest BCUT2D eigenvalue weighted by atomic mass is 9.83. The Morgan fingerprint density at radius 2 is 1.86 bits per heavy atom. The maximum absolute atomic E-state index is 6.21. The number of nitrogens with two attached hydrogens (primary N) is 1. The Morgan fingerprint density at radius 3 is 2.36 bits per heavy atom. The van der Waals surface area contributed by atoms with Crippen molar-refractivity contribution >= 4 is 15.9 Å². The maximum Gasteiger partial charge on any atom is 0.0355 e. The molecule has 0 radical (unpaired) electrons. The topological polar surface area (TPSA) is 26.0 Å². The van der Waals surface area contributed by atoms with Gasteiger partial charge in [0.1, 0.15) is 0 Å². The van der Waals surface area contributed by atoms with E-state index in [9.17, 15) is 0 Å². The van der Waals surface area contributed by atoms with E-state index in [1.807, 2.05) is 0 Å². The number of hydrogen-bond donors (Lipinski definition) is 1.